The van der Waals surface area contributed by atoms with Crippen LogP contribution in [0.15, 0.2) is 23.2 Å². The summed E-state index contributed by atoms with van der Waals surface area (Å²) in [5.41, 5.74) is 0.568. The van der Waals surface area contributed by atoms with Gasteiger partial charge in [-0.15, -0.1) is 0 Å². The molecular weight excluding hydrogens is 226 g/mol. The molecule has 1 heterocycles. The standard InChI is InChI=1S/C10H15N3O2S/c1-8-10(7-11-12-8)16(14,15)13-9-5-3-2-4-6-9/h2-3,7,9,13H,4-6H2,1H3,(H,11,12). The van der Waals surface area contributed by atoms with Crippen molar-refractivity contribution in [2.24, 2.45) is 0 Å². The van der Waals surface area contributed by atoms with Gasteiger partial charge in [0, 0.05) is 6.04 Å². The Hall–Kier alpha value is -1.14. The molecule has 0 radical (unpaired) electrons. The lowest BCUT2D eigenvalue weighted by molar-refractivity contribution is 0.522. The van der Waals surface area contributed by atoms with E-state index in [0.717, 1.165) is 19.3 Å². The molecule has 1 unspecified atom stereocenters. The summed E-state index contributed by atoms with van der Waals surface area (Å²) in [4.78, 5) is 0.238. The van der Waals surface area contributed by atoms with E-state index >= 15 is 0 Å². The normalized spacial score (nSPS) is 21.2. The van der Waals surface area contributed by atoms with Crippen LogP contribution in [0.1, 0.15) is 25.0 Å². The molecule has 5 nitrogen and oxygen atoms in total. The molecule has 0 amide bonds. The van der Waals surface area contributed by atoms with Crippen molar-refractivity contribution in [3.8, 4) is 0 Å². The molecule has 0 spiro atoms. The largest absolute Gasteiger partial charge is 0.281 e. The quantitative estimate of drug-likeness (QED) is 0.778. The molecule has 1 aromatic heterocycles. The molecule has 6 heteroatoms. The van der Waals surface area contributed by atoms with E-state index in [1.165, 1.54) is 6.20 Å². The highest BCUT2D eigenvalue weighted by Crippen LogP contribution is 2.16. The minimum atomic E-state index is -3.42. The Balaban J connectivity index is 2.14. The summed E-state index contributed by atoms with van der Waals surface area (Å²) in [6.45, 7) is 1.70. The molecule has 0 aromatic carbocycles. The van der Waals surface area contributed by atoms with Crippen molar-refractivity contribution in [2.75, 3.05) is 0 Å². The first-order chi connectivity index (χ1) is 7.59. The van der Waals surface area contributed by atoms with Gasteiger partial charge in [0.2, 0.25) is 10.0 Å². The highest BCUT2D eigenvalue weighted by Gasteiger charge is 2.22. The third-order valence-electron chi connectivity index (χ3n) is 2.66. The molecule has 0 bridgehead atoms. The van der Waals surface area contributed by atoms with Gasteiger partial charge in [-0.3, -0.25) is 5.10 Å². The molecule has 0 saturated carbocycles. The molecule has 88 valence electrons. The third kappa shape index (κ3) is 2.33. The summed E-state index contributed by atoms with van der Waals surface area (Å²) in [6.07, 6.45) is 7.98. The van der Waals surface area contributed by atoms with Crippen LogP contribution in [0.2, 0.25) is 0 Å². The number of aromatic nitrogens is 2. The number of rotatable bonds is 3. The maximum Gasteiger partial charge on any atom is 0.244 e. The fraction of sp³-hybridized carbons (Fsp3) is 0.500. The molecule has 1 atom stereocenters. The van der Waals surface area contributed by atoms with Crippen LogP contribution in [0.4, 0.5) is 0 Å². The first-order valence-corrected chi connectivity index (χ1v) is 6.75. The summed E-state index contributed by atoms with van der Waals surface area (Å²) < 4.78 is 26.7. The highest BCUT2D eigenvalue weighted by molar-refractivity contribution is 7.89. The van der Waals surface area contributed by atoms with Gasteiger partial charge in [-0.2, -0.15) is 5.10 Å². The molecule has 1 aromatic rings. The van der Waals surface area contributed by atoms with E-state index in [0.29, 0.717) is 5.69 Å². The smallest absolute Gasteiger partial charge is 0.244 e. The molecule has 16 heavy (non-hydrogen) atoms. The van der Waals surface area contributed by atoms with Crippen molar-refractivity contribution in [1.29, 1.82) is 0 Å². The van der Waals surface area contributed by atoms with Crippen molar-refractivity contribution < 1.29 is 8.42 Å². The van der Waals surface area contributed by atoms with Crippen LogP contribution >= 0.6 is 0 Å². The average molecular weight is 241 g/mol. The molecule has 0 saturated heterocycles. The van der Waals surface area contributed by atoms with Crippen molar-refractivity contribution in [1.82, 2.24) is 14.9 Å². The molecular formula is C10H15N3O2S. The average Bonchev–Trinajstić information content (AvgIpc) is 2.66. The van der Waals surface area contributed by atoms with Crippen LogP contribution in [0, 0.1) is 6.92 Å². The second kappa shape index (κ2) is 4.39. The number of H-pyrrole nitrogens is 1. The zero-order valence-corrected chi connectivity index (χ0v) is 9.92. The summed E-state index contributed by atoms with van der Waals surface area (Å²) in [7, 11) is -3.42. The van der Waals surface area contributed by atoms with Gasteiger partial charge in [-0.25, -0.2) is 13.1 Å². The second-order valence-electron chi connectivity index (χ2n) is 3.96. The number of nitrogens with one attached hydrogen (secondary N) is 2. The highest BCUT2D eigenvalue weighted by atomic mass is 32.2. The number of aryl methyl sites for hydroxylation is 1. The Bertz CT molecular complexity index is 490. The zero-order chi connectivity index (χ0) is 11.6. The van der Waals surface area contributed by atoms with Crippen LogP contribution in [0.3, 0.4) is 0 Å². The van der Waals surface area contributed by atoms with Gasteiger partial charge >= 0.3 is 0 Å². The summed E-state index contributed by atoms with van der Waals surface area (Å²) in [5.74, 6) is 0. The first-order valence-electron chi connectivity index (χ1n) is 5.27. The van der Waals surface area contributed by atoms with E-state index in [9.17, 15) is 8.42 Å². The molecule has 1 aliphatic rings. The Labute approximate surface area is 95.0 Å². The van der Waals surface area contributed by atoms with E-state index in [4.69, 9.17) is 0 Å². The van der Waals surface area contributed by atoms with Gasteiger partial charge in [0.1, 0.15) is 4.90 Å². The fourth-order valence-electron chi connectivity index (χ4n) is 1.79. The number of aromatic amines is 1. The van der Waals surface area contributed by atoms with Gasteiger partial charge in [0.15, 0.2) is 0 Å². The summed E-state index contributed by atoms with van der Waals surface area (Å²) >= 11 is 0. The van der Waals surface area contributed by atoms with Crippen LogP contribution in [-0.4, -0.2) is 24.7 Å². The van der Waals surface area contributed by atoms with Gasteiger partial charge < -0.3 is 0 Å². The predicted molar refractivity (Wildman–Crippen MR) is 60.4 cm³/mol. The number of hydrogen-bond donors (Lipinski definition) is 2. The minimum absolute atomic E-state index is 0.00398. The lowest BCUT2D eigenvalue weighted by Gasteiger charge is -2.18. The summed E-state index contributed by atoms with van der Waals surface area (Å²) in [5, 5.41) is 6.35. The van der Waals surface area contributed by atoms with Crippen LogP contribution < -0.4 is 4.72 Å². The van der Waals surface area contributed by atoms with Gasteiger partial charge in [-0.1, -0.05) is 12.2 Å². The number of nitrogens with zero attached hydrogens (tertiary/aromatic N) is 1. The minimum Gasteiger partial charge on any atom is -0.281 e. The lowest BCUT2D eigenvalue weighted by Crippen LogP contribution is -2.35. The Morgan fingerprint density at radius 1 is 1.50 bits per heavy atom. The van der Waals surface area contributed by atoms with Crippen molar-refractivity contribution in [2.45, 2.75) is 37.1 Å². The second-order valence-corrected chi connectivity index (χ2v) is 5.64. The fourth-order valence-corrected chi connectivity index (χ4v) is 3.21. The topological polar surface area (TPSA) is 74.8 Å². The van der Waals surface area contributed by atoms with E-state index in [1.807, 2.05) is 6.08 Å². The molecule has 1 aliphatic carbocycles. The summed E-state index contributed by atoms with van der Waals surface area (Å²) in [6, 6.07) is 0.00398. The first kappa shape index (κ1) is 11.3. The van der Waals surface area contributed by atoms with Gasteiger partial charge in [0.05, 0.1) is 11.9 Å². The maximum atomic E-state index is 12.0. The van der Waals surface area contributed by atoms with Crippen molar-refractivity contribution in [3.63, 3.8) is 0 Å². The van der Waals surface area contributed by atoms with Crippen LogP contribution in [0.25, 0.3) is 0 Å². The number of hydrogen-bond acceptors (Lipinski definition) is 3. The third-order valence-corrected chi connectivity index (χ3v) is 4.30. The molecule has 0 fully saturated rings. The molecule has 0 aliphatic heterocycles. The Kier molecular flexibility index (Phi) is 3.11. The number of sulfonamides is 1. The van der Waals surface area contributed by atoms with Crippen LogP contribution in [0.5, 0.6) is 0 Å². The monoisotopic (exact) mass is 241 g/mol. The van der Waals surface area contributed by atoms with Crippen molar-refractivity contribution >= 4 is 10.0 Å². The SMILES string of the molecule is Cc1[nH]ncc1S(=O)(=O)NC1CC=CCC1. The maximum absolute atomic E-state index is 12.0. The molecule has 2 rings (SSSR count). The Morgan fingerprint density at radius 3 is 2.88 bits per heavy atom. The Morgan fingerprint density at radius 2 is 2.31 bits per heavy atom. The van der Waals surface area contributed by atoms with Gasteiger partial charge in [-0.05, 0) is 26.2 Å². The predicted octanol–water partition coefficient (Wildman–Crippen LogP) is 1.11. The number of allylic oxidation sites excluding steroid dienone is 1. The molecule has 2 N–H and O–H groups in total. The van der Waals surface area contributed by atoms with Crippen LogP contribution in [-0.2, 0) is 10.0 Å². The van der Waals surface area contributed by atoms with Gasteiger partial charge in [0.25, 0.3) is 0 Å². The lowest BCUT2D eigenvalue weighted by atomic mass is 10.0. The van der Waals surface area contributed by atoms with E-state index in [-0.39, 0.29) is 10.9 Å². The van der Waals surface area contributed by atoms with E-state index in [2.05, 4.69) is 21.0 Å². The van der Waals surface area contributed by atoms with E-state index < -0.39 is 10.0 Å². The van der Waals surface area contributed by atoms with Crippen molar-refractivity contribution in [3.05, 3.63) is 24.0 Å². The van der Waals surface area contributed by atoms with E-state index in [1.54, 1.807) is 6.92 Å². The zero-order valence-electron chi connectivity index (χ0n) is 9.10.